The van der Waals surface area contributed by atoms with Crippen molar-refractivity contribution in [2.45, 2.75) is 64.5 Å². The third-order valence-corrected chi connectivity index (χ3v) is 8.39. The van der Waals surface area contributed by atoms with Crippen molar-refractivity contribution >= 4 is 21.8 Å². The number of esters is 1. The summed E-state index contributed by atoms with van der Waals surface area (Å²) in [6.07, 6.45) is 1.01. The Morgan fingerprint density at radius 3 is 2.30 bits per heavy atom. The highest BCUT2D eigenvalue weighted by molar-refractivity contribution is 7.89. The number of fused-ring (bicyclic) bond motifs is 2. The molecular weight excluding hydrogens is 366 g/mol. The molecule has 27 heavy (non-hydrogen) atoms. The van der Waals surface area contributed by atoms with Crippen molar-refractivity contribution in [3.05, 3.63) is 29.8 Å². The number of nitrogens with one attached hydrogen (secondary N) is 1. The summed E-state index contributed by atoms with van der Waals surface area (Å²) in [6.45, 7) is 9.25. The molecule has 2 aliphatic carbocycles. The highest BCUT2D eigenvalue weighted by Crippen LogP contribution is 2.66. The van der Waals surface area contributed by atoms with E-state index in [0.717, 1.165) is 25.3 Å². The van der Waals surface area contributed by atoms with Crippen LogP contribution in [0.4, 0.5) is 0 Å². The van der Waals surface area contributed by atoms with Crippen molar-refractivity contribution in [2.24, 2.45) is 16.7 Å². The second kappa shape index (κ2) is 6.41. The molecule has 0 radical (unpaired) electrons. The molecule has 2 saturated carbocycles. The minimum Gasteiger partial charge on any atom is -0.455 e. The van der Waals surface area contributed by atoms with Crippen molar-refractivity contribution < 1.29 is 22.7 Å². The fourth-order valence-corrected chi connectivity index (χ4v) is 6.15. The van der Waals surface area contributed by atoms with E-state index >= 15 is 0 Å². The quantitative estimate of drug-likeness (QED) is 0.613. The smallest absolute Gasteiger partial charge is 0.374 e. The van der Waals surface area contributed by atoms with Crippen LogP contribution in [0, 0.1) is 23.7 Å². The molecule has 148 valence electrons. The van der Waals surface area contributed by atoms with Gasteiger partial charge in [0, 0.05) is 12.8 Å². The molecule has 0 aromatic heterocycles. The van der Waals surface area contributed by atoms with Crippen LogP contribution in [-0.2, 0) is 24.3 Å². The maximum absolute atomic E-state index is 13.0. The molecule has 2 bridgehead atoms. The van der Waals surface area contributed by atoms with E-state index in [4.69, 9.17) is 4.74 Å². The predicted molar refractivity (Wildman–Crippen MR) is 100 cm³/mol. The molecule has 1 aromatic rings. The van der Waals surface area contributed by atoms with Gasteiger partial charge in [-0.1, -0.05) is 38.5 Å². The predicted octanol–water partition coefficient (Wildman–Crippen LogP) is 2.60. The Balaban J connectivity index is 1.96. The molecule has 0 heterocycles. The fourth-order valence-electron chi connectivity index (χ4n) is 4.79. The molecular formula is C20H27NO5S. The largest absolute Gasteiger partial charge is 0.455 e. The molecule has 3 rings (SSSR count). The number of aryl methyl sites for hydroxylation is 1. The lowest BCUT2D eigenvalue weighted by Gasteiger charge is -2.39. The van der Waals surface area contributed by atoms with Crippen LogP contribution in [-0.4, -0.2) is 32.3 Å². The highest BCUT2D eigenvalue weighted by Gasteiger charge is 2.68. The molecule has 0 unspecified atom stereocenters. The summed E-state index contributed by atoms with van der Waals surface area (Å²) < 4.78 is 34.3. The van der Waals surface area contributed by atoms with Crippen LogP contribution in [0.3, 0.4) is 0 Å². The molecule has 1 aromatic carbocycles. The molecule has 0 saturated heterocycles. The third kappa shape index (κ3) is 3.10. The van der Waals surface area contributed by atoms with Crippen LogP contribution in [0.5, 0.6) is 0 Å². The van der Waals surface area contributed by atoms with Crippen molar-refractivity contribution in [2.75, 3.05) is 0 Å². The zero-order chi connectivity index (χ0) is 20.2. The van der Waals surface area contributed by atoms with Gasteiger partial charge < -0.3 is 4.74 Å². The highest BCUT2D eigenvalue weighted by atomic mass is 32.2. The standard InChI is InChI=1S/C20H27NO5S/c1-12-6-8-14(9-7-12)27(24,25)21-17-16(26-18(23)13(2)22)15-10-11-20(17,5)19(15,3)4/h6-9,15-17,21H,10-11H2,1-5H3/t15-,16-,17-,20+/m1/s1. The zero-order valence-corrected chi connectivity index (χ0v) is 17.2. The average Bonchev–Trinajstić information content (AvgIpc) is 2.88. The molecule has 7 heteroatoms. The third-order valence-electron chi connectivity index (χ3n) is 6.93. The summed E-state index contributed by atoms with van der Waals surface area (Å²) in [5.41, 5.74) is 0.363. The molecule has 6 nitrogen and oxygen atoms in total. The molecule has 0 amide bonds. The fraction of sp³-hybridized carbons (Fsp3) is 0.600. The van der Waals surface area contributed by atoms with E-state index in [1.54, 1.807) is 24.3 Å². The first-order chi connectivity index (χ1) is 12.4. The van der Waals surface area contributed by atoms with Gasteiger partial charge in [-0.05, 0) is 42.7 Å². The topological polar surface area (TPSA) is 89.5 Å². The first kappa shape index (κ1) is 20.0. The van der Waals surface area contributed by atoms with Crippen molar-refractivity contribution in [1.29, 1.82) is 0 Å². The monoisotopic (exact) mass is 393 g/mol. The number of rotatable bonds is 5. The van der Waals surface area contributed by atoms with Gasteiger partial charge in [0.05, 0.1) is 10.9 Å². The van der Waals surface area contributed by atoms with Gasteiger partial charge in [0.1, 0.15) is 6.10 Å². The van der Waals surface area contributed by atoms with Crippen LogP contribution in [0.15, 0.2) is 29.2 Å². The van der Waals surface area contributed by atoms with E-state index in [2.05, 4.69) is 18.6 Å². The number of ether oxygens (including phenoxy) is 1. The Bertz CT molecular complexity index is 874. The lowest BCUT2D eigenvalue weighted by atomic mass is 9.69. The second-order valence-corrected chi connectivity index (χ2v) is 10.3. The van der Waals surface area contributed by atoms with Crippen LogP contribution in [0.25, 0.3) is 0 Å². The number of Topliss-reactive ketones (excluding diaryl/α,β-unsaturated/α-hetero) is 1. The minimum atomic E-state index is -3.79. The van der Waals surface area contributed by atoms with E-state index in [-0.39, 0.29) is 21.6 Å². The van der Waals surface area contributed by atoms with Gasteiger partial charge in [0.25, 0.3) is 0 Å². The second-order valence-electron chi connectivity index (χ2n) is 8.62. The van der Waals surface area contributed by atoms with Gasteiger partial charge in [-0.2, -0.15) is 0 Å². The van der Waals surface area contributed by atoms with Gasteiger partial charge in [0.2, 0.25) is 15.8 Å². The van der Waals surface area contributed by atoms with Gasteiger partial charge >= 0.3 is 5.97 Å². The number of hydrogen-bond donors (Lipinski definition) is 1. The Hall–Kier alpha value is -1.73. The summed E-state index contributed by atoms with van der Waals surface area (Å²) in [5, 5.41) is 0. The molecule has 1 N–H and O–H groups in total. The zero-order valence-electron chi connectivity index (χ0n) is 16.4. The average molecular weight is 394 g/mol. The van der Waals surface area contributed by atoms with E-state index in [1.165, 1.54) is 0 Å². The Labute approximate surface area is 160 Å². The van der Waals surface area contributed by atoms with Crippen LogP contribution < -0.4 is 4.72 Å². The maximum atomic E-state index is 13.0. The van der Waals surface area contributed by atoms with E-state index in [9.17, 15) is 18.0 Å². The van der Waals surface area contributed by atoms with Crippen LogP contribution in [0.1, 0.15) is 46.1 Å². The Morgan fingerprint density at radius 1 is 1.15 bits per heavy atom. The Morgan fingerprint density at radius 2 is 1.74 bits per heavy atom. The van der Waals surface area contributed by atoms with Gasteiger partial charge in [-0.25, -0.2) is 17.9 Å². The van der Waals surface area contributed by atoms with Gasteiger partial charge in [-0.15, -0.1) is 0 Å². The van der Waals surface area contributed by atoms with Crippen LogP contribution in [0.2, 0.25) is 0 Å². The summed E-state index contributed by atoms with van der Waals surface area (Å²) in [7, 11) is -3.79. The molecule has 0 aliphatic heterocycles. The first-order valence-corrected chi connectivity index (χ1v) is 10.7. The molecule has 2 fully saturated rings. The van der Waals surface area contributed by atoms with Crippen molar-refractivity contribution in [1.82, 2.24) is 4.72 Å². The maximum Gasteiger partial charge on any atom is 0.374 e. The van der Waals surface area contributed by atoms with Gasteiger partial charge in [0.15, 0.2) is 0 Å². The minimum absolute atomic E-state index is 0.00322. The first-order valence-electron chi connectivity index (χ1n) is 9.21. The van der Waals surface area contributed by atoms with E-state index < -0.39 is 33.9 Å². The number of sulfonamides is 1. The summed E-state index contributed by atoms with van der Waals surface area (Å²) >= 11 is 0. The lowest BCUT2D eigenvalue weighted by molar-refractivity contribution is -0.160. The number of carbonyl (C=O) groups excluding carboxylic acids is 2. The normalized spacial score (nSPS) is 31.7. The Kier molecular flexibility index (Phi) is 4.75. The van der Waals surface area contributed by atoms with Crippen LogP contribution >= 0.6 is 0 Å². The SMILES string of the molecule is CC(=O)C(=O)O[C@@H]1[C@H]2CC[C@@](C)([C@@H]1NS(=O)(=O)c1ccc(C)cc1)C2(C)C. The van der Waals surface area contributed by atoms with E-state index in [1.807, 2.05) is 13.8 Å². The van der Waals surface area contributed by atoms with Gasteiger partial charge in [-0.3, -0.25) is 4.79 Å². The number of carbonyl (C=O) groups is 2. The van der Waals surface area contributed by atoms with E-state index in [0.29, 0.717) is 0 Å². The molecule has 4 atom stereocenters. The lowest BCUT2D eigenvalue weighted by Crippen LogP contribution is -2.53. The van der Waals surface area contributed by atoms with Crippen molar-refractivity contribution in [3.8, 4) is 0 Å². The molecule has 0 spiro atoms. The number of hydrogen-bond acceptors (Lipinski definition) is 5. The number of benzene rings is 1. The summed E-state index contributed by atoms with van der Waals surface area (Å²) in [5.74, 6) is -1.59. The summed E-state index contributed by atoms with van der Waals surface area (Å²) in [4.78, 5) is 23.5. The summed E-state index contributed by atoms with van der Waals surface area (Å²) in [6, 6.07) is 6.03. The van der Waals surface area contributed by atoms with Crippen molar-refractivity contribution in [3.63, 3.8) is 0 Å². The number of ketones is 1. The molecule has 2 aliphatic rings.